The van der Waals surface area contributed by atoms with Crippen LogP contribution in [-0.4, -0.2) is 11.1 Å². The van der Waals surface area contributed by atoms with Crippen molar-refractivity contribution < 1.29 is 18.7 Å². The van der Waals surface area contributed by atoms with E-state index in [1.807, 2.05) is 0 Å². The number of aromatic carboxylic acids is 1. The van der Waals surface area contributed by atoms with Crippen molar-refractivity contribution in [3.63, 3.8) is 0 Å². The van der Waals surface area contributed by atoms with Crippen LogP contribution in [0.25, 0.3) is 0 Å². The summed E-state index contributed by atoms with van der Waals surface area (Å²) in [5.41, 5.74) is -0.747. The zero-order valence-electron chi connectivity index (χ0n) is 6.92. The van der Waals surface area contributed by atoms with Crippen LogP contribution < -0.4 is 0 Å². The summed E-state index contributed by atoms with van der Waals surface area (Å²) in [4.78, 5) is 10.4. The fraction of sp³-hybridized carbons (Fsp3) is 0.111. The summed E-state index contributed by atoms with van der Waals surface area (Å²) in [5.74, 6) is -3.53. The minimum absolute atomic E-state index is 0.119. The smallest absolute Gasteiger partial charge is 0.338 e. The van der Waals surface area contributed by atoms with E-state index in [2.05, 4.69) is 0 Å². The molecule has 1 aromatic rings. The first kappa shape index (κ1) is 10.1. The summed E-state index contributed by atoms with van der Waals surface area (Å²) in [6.45, 7) is 0. The van der Waals surface area contributed by atoms with Gasteiger partial charge in [0.15, 0.2) is 0 Å². The number of carboxylic acids is 1. The third-order valence-electron chi connectivity index (χ3n) is 1.64. The quantitative estimate of drug-likeness (QED) is 0.785. The highest BCUT2D eigenvalue weighted by molar-refractivity contribution is 5.88. The number of carbonyl (C=O) groups is 1. The Morgan fingerprint density at radius 2 is 2.07 bits per heavy atom. The molecule has 0 saturated heterocycles. The van der Waals surface area contributed by atoms with Crippen LogP contribution in [0, 0.1) is 23.0 Å². The number of halogens is 2. The highest BCUT2D eigenvalue weighted by Gasteiger charge is 2.14. The van der Waals surface area contributed by atoms with Crippen LogP contribution in [0.1, 0.15) is 15.9 Å². The average molecular weight is 197 g/mol. The molecule has 1 aromatic carbocycles. The van der Waals surface area contributed by atoms with Gasteiger partial charge in [-0.15, -0.1) is 0 Å². The Morgan fingerprint density at radius 1 is 1.43 bits per heavy atom. The first-order valence-electron chi connectivity index (χ1n) is 3.64. The van der Waals surface area contributed by atoms with Crippen molar-refractivity contribution in [3.05, 3.63) is 34.9 Å². The maximum absolute atomic E-state index is 12.9. The second kappa shape index (κ2) is 3.83. The lowest BCUT2D eigenvalue weighted by Crippen LogP contribution is -2.03. The number of nitriles is 1. The lowest BCUT2D eigenvalue weighted by molar-refractivity contribution is 0.0691. The summed E-state index contributed by atoms with van der Waals surface area (Å²) < 4.78 is 25.7. The minimum atomic E-state index is -1.48. The fourth-order valence-corrected chi connectivity index (χ4v) is 0.978. The first-order valence-corrected chi connectivity index (χ1v) is 3.64. The van der Waals surface area contributed by atoms with E-state index in [9.17, 15) is 13.6 Å². The van der Waals surface area contributed by atoms with Gasteiger partial charge < -0.3 is 5.11 Å². The van der Waals surface area contributed by atoms with Crippen LogP contribution in [0.4, 0.5) is 8.78 Å². The van der Waals surface area contributed by atoms with Gasteiger partial charge in [-0.05, 0) is 6.07 Å². The molecule has 0 saturated carbocycles. The lowest BCUT2D eigenvalue weighted by Gasteiger charge is -2.01. The van der Waals surface area contributed by atoms with E-state index in [1.165, 1.54) is 0 Å². The molecule has 0 heterocycles. The van der Waals surface area contributed by atoms with Crippen LogP contribution >= 0.6 is 0 Å². The van der Waals surface area contributed by atoms with E-state index in [1.54, 1.807) is 6.07 Å². The number of carboxylic acid groups (broad SMARTS) is 1. The number of nitrogens with zero attached hydrogens (tertiary/aromatic N) is 1. The van der Waals surface area contributed by atoms with Crippen LogP contribution in [0.2, 0.25) is 0 Å². The summed E-state index contributed by atoms with van der Waals surface area (Å²) in [7, 11) is 0. The maximum Gasteiger partial charge on any atom is 0.338 e. The molecule has 0 fully saturated rings. The van der Waals surface area contributed by atoms with Gasteiger partial charge in [0.2, 0.25) is 0 Å². The normalized spacial score (nSPS) is 9.50. The van der Waals surface area contributed by atoms with Crippen LogP contribution in [0.3, 0.4) is 0 Å². The zero-order valence-corrected chi connectivity index (χ0v) is 6.92. The van der Waals surface area contributed by atoms with Gasteiger partial charge >= 0.3 is 5.97 Å². The standard InChI is InChI=1S/C9H5F2NO2/c10-7-4-8(11)6(9(13)14)3-5(7)1-2-12/h3-4H,1H2,(H,13,14). The SMILES string of the molecule is N#CCc1cc(C(=O)O)c(F)cc1F. The minimum Gasteiger partial charge on any atom is -0.478 e. The molecular weight excluding hydrogens is 192 g/mol. The Morgan fingerprint density at radius 3 is 2.57 bits per heavy atom. The summed E-state index contributed by atoms with van der Waals surface area (Å²) in [6, 6.07) is 2.95. The molecule has 3 nitrogen and oxygen atoms in total. The monoisotopic (exact) mass is 197 g/mol. The molecule has 0 bridgehead atoms. The van der Waals surface area contributed by atoms with Crippen molar-refractivity contribution >= 4 is 5.97 Å². The molecule has 0 unspecified atom stereocenters. The molecule has 0 aromatic heterocycles. The Kier molecular flexibility index (Phi) is 2.77. The van der Waals surface area contributed by atoms with Gasteiger partial charge in [-0.3, -0.25) is 0 Å². The molecule has 0 aliphatic heterocycles. The van der Waals surface area contributed by atoms with E-state index < -0.39 is 23.2 Å². The largest absolute Gasteiger partial charge is 0.478 e. The topological polar surface area (TPSA) is 61.1 Å². The van der Waals surface area contributed by atoms with Crippen molar-refractivity contribution in [1.29, 1.82) is 5.26 Å². The molecule has 72 valence electrons. The number of hydrogen-bond acceptors (Lipinski definition) is 2. The van der Waals surface area contributed by atoms with Crippen molar-refractivity contribution in [2.45, 2.75) is 6.42 Å². The van der Waals surface area contributed by atoms with Crippen molar-refractivity contribution in [3.8, 4) is 6.07 Å². The van der Waals surface area contributed by atoms with Gasteiger partial charge in [-0.2, -0.15) is 5.26 Å². The van der Waals surface area contributed by atoms with Crippen molar-refractivity contribution in [1.82, 2.24) is 0 Å². The molecule has 1 N–H and O–H groups in total. The highest BCUT2D eigenvalue weighted by Crippen LogP contribution is 2.15. The maximum atomic E-state index is 12.9. The molecule has 0 atom stereocenters. The number of benzene rings is 1. The summed E-state index contributed by atoms with van der Waals surface area (Å²) in [6.07, 6.45) is -0.285. The van der Waals surface area contributed by atoms with Crippen LogP contribution in [0.5, 0.6) is 0 Å². The Balaban J connectivity index is 3.28. The summed E-state index contributed by atoms with van der Waals surface area (Å²) in [5, 5.41) is 16.8. The molecule has 14 heavy (non-hydrogen) atoms. The van der Waals surface area contributed by atoms with Crippen molar-refractivity contribution in [2.24, 2.45) is 0 Å². The predicted molar refractivity (Wildman–Crippen MR) is 42.6 cm³/mol. The Hall–Kier alpha value is -1.96. The third-order valence-corrected chi connectivity index (χ3v) is 1.64. The van der Waals surface area contributed by atoms with Crippen LogP contribution in [0.15, 0.2) is 12.1 Å². The molecule has 0 aliphatic rings. The van der Waals surface area contributed by atoms with E-state index in [4.69, 9.17) is 10.4 Å². The highest BCUT2D eigenvalue weighted by atomic mass is 19.1. The van der Waals surface area contributed by atoms with E-state index >= 15 is 0 Å². The first-order chi connectivity index (χ1) is 6.56. The second-order valence-electron chi connectivity index (χ2n) is 2.56. The van der Waals surface area contributed by atoms with Crippen LogP contribution in [-0.2, 0) is 6.42 Å². The van der Waals surface area contributed by atoms with E-state index in [0.717, 1.165) is 6.07 Å². The van der Waals surface area contributed by atoms with E-state index in [0.29, 0.717) is 6.07 Å². The van der Waals surface area contributed by atoms with Gasteiger partial charge in [0.1, 0.15) is 11.6 Å². The molecule has 0 aliphatic carbocycles. The second-order valence-corrected chi connectivity index (χ2v) is 2.56. The fourth-order valence-electron chi connectivity index (χ4n) is 0.978. The molecule has 0 radical (unpaired) electrons. The third kappa shape index (κ3) is 1.85. The number of hydrogen-bond donors (Lipinski definition) is 1. The van der Waals surface area contributed by atoms with Crippen molar-refractivity contribution in [2.75, 3.05) is 0 Å². The molecule has 5 heteroatoms. The Bertz CT molecular complexity index is 424. The van der Waals surface area contributed by atoms with Gasteiger partial charge in [0.25, 0.3) is 0 Å². The average Bonchev–Trinajstić information content (AvgIpc) is 2.09. The van der Waals surface area contributed by atoms with Gasteiger partial charge in [-0.25, -0.2) is 13.6 Å². The predicted octanol–water partition coefficient (Wildman–Crippen LogP) is 1.73. The van der Waals surface area contributed by atoms with Gasteiger partial charge in [-0.1, -0.05) is 0 Å². The molecule has 0 spiro atoms. The summed E-state index contributed by atoms with van der Waals surface area (Å²) >= 11 is 0. The Labute approximate surface area is 78.2 Å². The lowest BCUT2D eigenvalue weighted by atomic mass is 10.1. The molecule has 1 rings (SSSR count). The zero-order chi connectivity index (χ0) is 10.7. The molecule has 0 amide bonds. The van der Waals surface area contributed by atoms with E-state index in [-0.39, 0.29) is 12.0 Å². The number of rotatable bonds is 2. The van der Waals surface area contributed by atoms with Gasteiger partial charge in [0, 0.05) is 11.6 Å². The van der Waals surface area contributed by atoms with Gasteiger partial charge in [0.05, 0.1) is 18.1 Å². The molecular formula is C9H5F2NO2.